The molecule has 3 rings (SSSR count). The number of halogens is 3. The summed E-state index contributed by atoms with van der Waals surface area (Å²) in [6.45, 7) is 0. The second-order valence-electron chi connectivity index (χ2n) is 6.25. The lowest BCUT2D eigenvalue weighted by molar-refractivity contribution is -0.150. The molecule has 162 valence electrons. The molecule has 0 spiro atoms. The lowest BCUT2D eigenvalue weighted by Gasteiger charge is -2.21. The van der Waals surface area contributed by atoms with Crippen molar-refractivity contribution < 1.29 is 42.2 Å². The van der Waals surface area contributed by atoms with Crippen molar-refractivity contribution in [2.45, 2.75) is 18.6 Å². The first-order valence-corrected chi connectivity index (χ1v) is 9.69. The number of amides is 1. The zero-order valence-corrected chi connectivity index (χ0v) is 16.9. The van der Waals surface area contributed by atoms with Gasteiger partial charge in [0.05, 0.1) is 16.9 Å². The number of aliphatic carboxylic acids is 2. The van der Waals surface area contributed by atoms with Gasteiger partial charge in [0.25, 0.3) is 5.91 Å². The van der Waals surface area contributed by atoms with E-state index in [4.69, 9.17) is 21.7 Å². The largest absolute Gasteiger partial charge is 0.481 e. The summed E-state index contributed by atoms with van der Waals surface area (Å²) in [5, 5.41) is 18.2. The fourth-order valence-electron chi connectivity index (χ4n) is 2.85. The highest BCUT2D eigenvalue weighted by atomic mass is 32.2. The summed E-state index contributed by atoms with van der Waals surface area (Å²) in [6.07, 6.45) is -4.24. The van der Waals surface area contributed by atoms with E-state index in [1.807, 2.05) is 0 Å². The maximum atomic E-state index is 13.2. The number of carbonyl (C=O) groups is 3. The number of hydrogen-bond acceptors (Lipinski definition) is 6. The Bertz CT molecular complexity index is 1110. The van der Waals surface area contributed by atoms with Crippen LogP contribution in [0.5, 0.6) is 0 Å². The third kappa shape index (κ3) is 4.80. The van der Waals surface area contributed by atoms with E-state index in [0.717, 1.165) is 17.8 Å². The Labute approximate surface area is 182 Å². The Kier molecular flexibility index (Phi) is 6.23. The third-order valence-corrected chi connectivity index (χ3v) is 5.52. The van der Waals surface area contributed by atoms with Crippen molar-refractivity contribution >= 4 is 52.2 Å². The first kappa shape index (κ1) is 22.6. The van der Waals surface area contributed by atoms with Gasteiger partial charge in [-0.05, 0) is 18.2 Å². The number of alkyl halides is 3. The number of benzene rings is 1. The van der Waals surface area contributed by atoms with E-state index >= 15 is 0 Å². The van der Waals surface area contributed by atoms with E-state index in [1.54, 1.807) is 0 Å². The van der Waals surface area contributed by atoms with E-state index < -0.39 is 42.0 Å². The minimum absolute atomic E-state index is 0.0394. The molecular formula is C19H12F3NO6S2. The quantitative estimate of drug-likeness (QED) is 0.479. The van der Waals surface area contributed by atoms with E-state index in [1.165, 1.54) is 36.4 Å². The van der Waals surface area contributed by atoms with Crippen molar-refractivity contribution in [2.24, 2.45) is 0 Å². The summed E-state index contributed by atoms with van der Waals surface area (Å²) in [5.74, 6) is -3.84. The molecule has 1 aromatic carbocycles. The maximum Gasteiger partial charge on any atom is 0.417 e. The number of nitrogens with zero attached hydrogens (tertiary/aromatic N) is 1. The average Bonchev–Trinajstić information content (AvgIpc) is 3.24. The third-order valence-electron chi connectivity index (χ3n) is 4.19. The van der Waals surface area contributed by atoms with E-state index in [0.29, 0.717) is 4.90 Å². The Hall–Kier alpha value is -3.12. The molecule has 1 fully saturated rings. The molecule has 0 radical (unpaired) electrons. The molecule has 31 heavy (non-hydrogen) atoms. The zero-order chi connectivity index (χ0) is 22.9. The molecule has 2 heterocycles. The van der Waals surface area contributed by atoms with Gasteiger partial charge in [-0.2, -0.15) is 13.2 Å². The number of thioether (sulfide) groups is 1. The Morgan fingerprint density at radius 2 is 1.87 bits per heavy atom. The van der Waals surface area contributed by atoms with Crippen molar-refractivity contribution in [1.82, 2.24) is 4.90 Å². The molecule has 0 unspecified atom stereocenters. The van der Waals surface area contributed by atoms with Gasteiger partial charge in [-0.1, -0.05) is 42.2 Å². The second-order valence-corrected chi connectivity index (χ2v) is 7.92. The number of carboxylic acid groups (broad SMARTS) is 2. The second kappa shape index (κ2) is 8.55. The van der Waals surface area contributed by atoms with Crippen LogP contribution in [0.25, 0.3) is 17.4 Å². The predicted octanol–water partition coefficient (Wildman–Crippen LogP) is 4.09. The van der Waals surface area contributed by atoms with Crippen LogP contribution >= 0.6 is 24.0 Å². The highest BCUT2D eigenvalue weighted by Gasteiger charge is 2.41. The lowest BCUT2D eigenvalue weighted by Crippen LogP contribution is -2.45. The van der Waals surface area contributed by atoms with Crippen molar-refractivity contribution in [2.75, 3.05) is 0 Å². The van der Waals surface area contributed by atoms with E-state index in [9.17, 15) is 32.7 Å². The number of carboxylic acids is 2. The van der Waals surface area contributed by atoms with Gasteiger partial charge >= 0.3 is 18.1 Å². The number of hydrogen-bond donors (Lipinski definition) is 2. The van der Waals surface area contributed by atoms with Crippen LogP contribution in [0, 0.1) is 0 Å². The first-order chi connectivity index (χ1) is 14.5. The zero-order valence-electron chi connectivity index (χ0n) is 15.3. The van der Waals surface area contributed by atoms with Gasteiger partial charge in [0.15, 0.2) is 0 Å². The summed E-state index contributed by atoms with van der Waals surface area (Å²) in [7, 11) is 0. The number of carbonyl (C=O) groups excluding carboxylic acids is 1. The van der Waals surface area contributed by atoms with Gasteiger partial charge in [-0.3, -0.25) is 14.5 Å². The molecule has 1 saturated heterocycles. The molecule has 0 saturated carbocycles. The summed E-state index contributed by atoms with van der Waals surface area (Å²) < 4.78 is 45.0. The summed E-state index contributed by atoms with van der Waals surface area (Å²) in [4.78, 5) is 35.6. The SMILES string of the molecule is O=C(O)C[C@H](C(=O)O)N1C(=O)/C(=C/c2ccc(-c3ccccc3C(F)(F)F)o2)SC1=S. The van der Waals surface area contributed by atoms with Crippen LogP contribution in [0.15, 0.2) is 45.7 Å². The van der Waals surface area contributed by atoms with Gasteiger partial charge in [-0.25, -0.2) is 4.79 Å². The molecule has 2 aromatic rings. The van der Waals surface area contributed by atoms with E-state index in [2.05, 4.69) is 0 Å². The smallest absolute Gasteiger partial charge is 0.417 e. The normalized spacial score (nSPS) is 16.7. The van der Waals surface area contributed by atoms with Crippen LogP contribution < -0.4 is 0 Å². The van der Waals surface area contributed by atoms with Gasteiger partial charge in [0, 0.05) is 11.6 Å². The molecule has 1 aromatic heterocycles. The van der Waals surface area contributed by atoms with Crippen molar-refractivity contribution in [3.8, 4) is 11.3 Å². The molecular weight excluding hydrogens is 459 g/mol. The molecule has 0 aliphatic carbocycles. The first-order valence-electron chi connectivity index (χ1n) is 8.47. The molecule has 1 amide bonds. The van der Waals surface area contributed by atoms with Gasteiger partial charge < -0.3 is 14.6 Å². The van der Waals surface area contributed by atoms with Gasteiger partial charge in [-0.15, -0.1) is 0 Å². The summed E-state index contributed by atoms with van der Waals surface area (Å²) in [5.41, 5.74) is -1.07. The van der Waals surface area contributed by atoms with Crippen molar-refractivity contribution in [3.63, 3.8) is 0 Å². The van der Waals surface area contributed by atoms with Gasteiger partial charge in [0.2, 0.25) is 0 Å². The Morgan fingerprint density at radius 3 is 2.48 bits per heavy atom. The van der Waals surface area contributed by atoms with Crippen LogP contribution in [0.2, 0.25) is 0 Å². The molecule has 12 heteroatoms. The predicted molar refractivity (Wildman–Crippen MR) is 108 cm³/mol. The van der Waals surface area contributed by atoms with Crippen molar-refractivity contribution in [1.29, 1.82) is 0 Å². The maximum absolute atomic E-state index is 13.2. The summed E-state index contributed by atoms with van der Waals surface area (Å²) in [6, 6.07) is 5.79. The number of rotatable bonds is 6. The fourth-order valence-corrected chi connectivity index (χ4v) is 4.19. The number of furan rings is 1. The standard InChI is InChI=1S/C19H12F3NO6S2/c20-19(21,22)11-4-2-1-3-10(11)13-6-5-9(29-13)7-14-16(26)23(18(30)31-14)12(17(27)28)8-15(24)25/h1-7,12H,8H2,(H,24,25)(H,27,28)/b14-7-/t12-/m1/s1. The molecule has 0 bridgehead atoms. The average molecular weight is 471 g/mol. The monoisotopic (exact) mass is 471 g/mol. The Balaban J connectivity index is 1.91. The summed E-state index contributed by atoms with van der Waals surface area (Å²) >= 11 is 5.75. The fraction of sp³-hybridized carbons (Fsp3) is 0.158. The molecule has 1 aliphatic heterocycles. The minimum atomic E-state index is -4.60. The van der Waals surface area contributed by atoms with Crippen molar-refractivity contribution in [3.05, 3.63) is 52.6 Å². The molecule has 1 atom stereocenters. The highest BCUT2D eigenvalue weighted by molar-refractivity contribution is 8.26. The van der Waals surface area contributed by atoms with Crippen LogP contribution in [-0.4, -0.2) is 43.3 Å². The highest BCUT2D eigenvalue weighted by Crippen LogP contribution is 2.39. The van der Waals surface area contributed by atoms with Crippen LogP contribution in [0.3, 0.4) is 0 Å². The van der Waals surface area contributed by atoms with Crippen LogP contribution in [0.1, 0.15) is 17.7 Å². The number of thiocarbonyl (C=S) groups is 1. The minimum Gasteiger partial charge on any atom is -0.481 e. The van der Waals surface area contributed by atoms with E-state index in [-0.39, 0.29) is 26.3 Å². The molecule has 2 N–H and O–H groups in total. The van der Waals surface area contributed by atoms with Gasteiger partial charge in [0.1, 0.15) is 21.9 Å². The topological polar surface area (TPSA) is 108 Å². The van der Waals surface area contributed by atoms with Crippen LogP contribution in [0.4, 0.5) is 13.2 Å². The lowest BCUT2D eigenvalue weighted by atomic mass is 10.1. The molecule has 7 nitrogen and oxygen atoms in total. The molecule has 1 aliphatic rings. The van der Waals surface area contributed by atoms with Crippen LogP contribution in [-0.2, 0) is 20.6 Å². The Morgan fingerprint density at radius 1 is 1.19 bits per heavy atom.